The highest BCUT2D eigenvalue weighted by Gasteiger charge is 2.20. The topological polar surface area (TPSA) is 8.17 Å². The Morgan fingerprint density at radius 3 is 1.15 bits per heavy atom. The molecule has 0 aliphatic carbocycles. The van der Waals surface area contributed by atoms with Crippen LogP contribution in [-0.4, -0.2) is 4.57 Å². The van der Waals surface area contributed by atoms with Crippen LogP contribution in [0.5, 0.6) is 0 Å². The summed E-state index contributed by atoms with van der Waals surface area (Å²) in [6, 6.07) is 110. The second-order valence-electron chi connectivity index (χ2n) is 18.9. The van der Waals surface area contributed by atoms with Crippen LogP contribution < -0.4 is 4.90 Å². The Hall–Kier alpha value is -9.76. The highest BCUT2D eigenvalue weighted by atomic mass is 15.1. The second-order valence-corrected chi connectivity index (χ2v) is 18.9. The van der Waals surface area contributed by atoms with E-state index >= 15 is 0 Å². The standard InChI is InChI=1S/C72H50N2/c1-6-21-51(22-7-1)59-44-60(52-23-8-2-9-24-52)46-61(45-59)55-39-41-65(42-40-55)73(67-49-62(53-25-10-3-11-26-53)47-63(50-67)54-27-12-4-13-28-54)66-34-19-30-57(48-66)56-29-18-31-58(43-56)68-36-20-38-71-72(68)69-35-16-17-37-70(69)74(71)64-32-14-5-15-33-64/h1-50H. The molecular weight excluding hydrogens is 893 g/mol. The summed E-state index contributed by atoms with van der Waals surface area (Å²) in [5.74, 6) is 0. The van der Waals surface area contributed by atoms with Crippen molar-refractivity contribution in [2.45, 2.75) is 0 Å². The number of aromatic nitrogens is 1. The molecule has 0 atom stereocenters. The summed E-state index contributed by atoms with van der Waals surface area (Å²) in [5, 5.41) is 2.49. The molecule has 12 aromatic carbocycles. The number of rotatable bonds is 11. The van der Waals surface area contributed by atoms with Crippen LogP contribution in [0.15, 0.2) is 303 Å². The van der Waals surface area contributed by atoms with E-state index in [2.05, 4.69) is 313 Å². The van der Waals surface area contributed by atoms with E-state index in [9.17, 15) is 0 Å². The summed E-state index contributed by atoms with van der Waals surface area (Å²) in [6.07, 6.45) is 0. The third-order valence-electron chi connectivity index (χ3n) is 14.3. The molecule has 1 aromatic heterocycles. The maximum atomic E-state index is 2.42. The van der Waals surface area contributed by atoms with Crippen molar-refractivity contribution in [1.29, 1.82) is 0 Å². The smallest absolute Gasteiger partial charge is 0.0547 e. The van der Waals surface area contributed by atoms with Gasteiger partial charge in [0.15, 0.2) is 0 Å². The van der Waals surface area contributed by atoms with Gasteiger partial charge in [-0.1, -0.05) is 212 Å². The van der Waals surface area contributed by atoms with E-state index < -0.39 is 0 Å². The molecule has 2 heteroatoms. The molecule has 0 bridgehead atoms. The molecule has 13 rings (SSSR count). The fourth-order valence-corrected chi connectivity index (χ4v) is 10.8. The summed E-state index contributed by atoms with van der Waals surface area (Å²) in [5.41, 5.74) is 23.2. The molecule has 0 aliphatic heterocycles. The quantitative estimate of drug-likeness (QED) is 0.125. The zero-order valence-corrected chi connectivity index (χ0v) is 40.8. The van der Waals surface area contributed by atoms with Gasteiger partial charge >= 0.3 is 0 Å². The maximum absolute atomic E-state index is 2.42. The van der Waals surface area contributed by atoms with E-state index in [1.807, 2.05) is 0 Å². The number of nitrogens with zero attached hydrogens (tertiary/aromatic N) is 2. The predicted octanol–water partition coefficient (Wildman–Crippen LogP) is 19.9. The minimum Gasteiger partial charge on any atom is -0.310 e. The fourth-order valence-electron chi connectivity index (χ4n) is 10.8. The number of hydrogen-bond acceptors (Lipinski definition) is 1. The first-order valence-corrected chi connectivity index (χ1v) is 25.4. The summed E-state index contributed by atoms with van der Waals surface area (Å²) >= 11 is 0. The molecule has 0 unspecified atom stereocenters. The highest BCUT2D eigenvalue weighted by Crippen LogP contribution is 2.44. The first-order valence-electron chi connectivity index (χ1n) is 25.4. The Balaban J connectivity index is 0.951. The molecule has 0 fully saturated rings. The number of para-hydroxylation sites is 2. The van der Waals surface area contributed by atoms with E-state index in [4.69, 9.17) is 0 Å². The van der Waals surface area contributed by atoms with Gasteiger partial charge in [-0.05, 0) is 169 Å². The van der Waals surface area contributed by atoms with E-state index in [0.29, 0.717) is 0 Å². The predicted molar refractivity (Wildman–Crippen MR) is 314 cm³/mol. The summed E-state index contributed by atoms with van der Waals surface area (Å²) < 4.78 is 2.39. The van der Waals surface area contributed by atoms with Crippen molar-refractivity contribution in [2.24, 2.45) is 0 Å². The summed E-state index contributed by atoms with van der Waals surface area (Å²) in [6.45, 7) is 0. The molecule has 0 radical (unpaired) electrons. The summed E-state index contributed by atoms with van der Waals surface area (Å²) in [7, 11) is 0. The van der Waals surface area contributed by atoms with Gasteiger partial charge in [0.1, 0.15) is 0 Å². The van der Waals surface area contributed by atoms with Crippen molar-refractivity contribution in [3.05, 3.63) is 303 Å². The lowest BCUT2D eigenvalue weighted by Gasteiger charge is -2.27. The second kappa shape index (κ2) is 19.4. The van der Waals surface area contributed by atoms with E-state index in [-0.39, 0.29) is 0 Å². The highest BCUT2D eigenvalue weighted by molar-refractivity contribution is 6.16. The van der Waals surface area contributed by atoms with Crippen LogP contribution in [0.1, 0.15) is 0 Å². The molecule has 0 N–H and O–H groups in total. The van der Waals surface area contributed by atoms with Gasteiger partial charge in [-0.25, -0.2) is 0 Å². The molecule has 0 saturated carbocycles. The lowest BCUT2D eigenvalue weighted by molar-refractivity contribution is 1.18. The van der Waals surface area contributed by atoms with Crippen LogP contribution in [-0.2, 0) is 0 Å². The van der Waals surface area contributed by atoms with E-state index in [0.717, 1.165) is 50.6 Å². The minimum atomic E-state index is 1.06. The van der Waals surface area contributed by atoms with Gasteiger partial charge in [0, 0.05) is 33.5 Å². The van der Waals surface area contributed by atoms with E-state index in [1.165, 1.54) is 71.9 Å². The Kier molecular flexibility index (Phi) is 11.6. The molecule has 74 heavy (non-hydrogen) atoms. The van der Waals surface area contributed by atoms with Crippen LogP contribution in [0.25, 0.3) is 105 Å². The zero-order valence-electron chi connectivity index (χ0n) is 40.8. The Labute approximate surface area is 433 Å². The molecule has 13 aromatic rings. The SMILES string of the molecule is c1ccc(-c2cc(-c3ccccc3)cc(-c3ccc(N(c4cccc(-c5cccc(-c6cccc7c6c6ccccc6n7-c6ccccc6)c5)c4)c4cc(-c5ccccc5)cc(-c5ccccc5)c4)cc3)c2)cc1. The number of anilines is 3. The average Bonchev–Trinajstić information content (AvgIpc) is 3.83. The molecule has 0 aliphatic rings. The Morgan fingerprint density at radius 2 is 0.595 bits per heavy atom. The number of benzene rings is 12. The van der Waals surface area contributed by atoms with Gasteiger partial charge in [0.2, 0.25) is 0 Å². The van der Waals surface area contributed by atoms with Gasteiger partial charge < -0.3 is 9.47 Å². The fraction of sp³-hybridized carbons (Fsp3) is 0. The number of hydrogen-bond donors (Lipinski definition) is 0. The van der Waals surface area contributed by atoms with Crippen LogP contribution in [0.3, 0.4) is 0 Å². The van der Waals surface area contributed by atoms with Crippen molar-refractivity contribution in [1.82, 2.24) is 4.57 Å². The average molecular weight is 943 g/mol. The van der Waals surface area contributed by atoms with Crippen molar-refractivity contribution >= 4 is 38.9 Å². The molecule has 0 spiro atoms. The summed E-state index contributed by atoms with van der Waals surface area (Å²) in [4.78, 5) is 2.42. The lowest BCUT2D eigenvalue weighted by Crippen LogP contribution is -2.10. The number of fused-ring (bicyclic) bond motifs is 3. The van der Waals surface area contributed by atoms with Crippen LogP contribution in [0.4, 0.5) is 17.1 Å². The monoisotopic (exact) mass is 942 g/mol. The zero-order chi connectivity index (χ0) is 49.2. The van der Waals surface area contributed by atoms with Crippen LogP contribution in [0, 0.1) is 0 Å². The first-order chi connectivity index (χ1) is 36.7. The van der Waals surface area contributed by atoms with Crippen molar-refractivity contribution in [2.75, 3.05) is 4.90 Å². The Morgan fingerprint density at radius 1 is 0.216 bits per heavy atom. The largest absolute Gasteiger partial charge is 0.310 e. The van der Waals surface area contributed by atoms with Crippen molar-refractivity contribution in [3.8, 4) is 83.6 Å². The van der Waals surface area contributed by atoms with E-state index in [1.54, 1.807) is 0 Å². The van der Waals surface area contributed by atoms with Crippen LogP contribution >= 0.6 is 0 Å². The first kappa shape index (κ1) is 44.2. The van der Waals surface area contributed by atoms with Gasteiger partial charge in [-0.3, -0.25) is 0 Å². The van der Waals surface area contributed by atoms with Gasteiger partial charge in [-0.15, -0.1) is 0 Å². The molecule has 2 nitrogen and oxygen atoms in total. The third-order valence-corrected chi connectivity index (χ3v) is 14.3. The third kappa shape index (κ3) is 8.55. The minimum absolute atomic E-state index is 1.06. The van der Waals surface area contributed by atoms with Crippen molar-refractivity contribution < 1.29 is 0 Å². The normalized spacial score (nSPS) is 11.2. The molecule has 1 heterocycles. The van der Waals surface area contributed by atoms with Gasteiger partial charge in [0.05, 0.1) is 11.0 Å². The lowest BCUT2D eigenvalue weighted by atomic mass is 9.93. The van der Waals surface area contributed by atoms with Gasteiger partial charge in [-0.2, -0.15) is 0 Å². The van der Waals surface area contributed by atoms with Gasteiger partial charge in [0.25, 0.3) is 0 Å². The maximum Gasteiger partial charge on any atom is 0.0547 e. The molecular formula is C72H50N2. The Bertz CT molecular complexity index is 3970. The van der Waals surface area contributed by atoms with Crippen molar-refractivity contribution in [3.63, 3.8) is 0 Å². The van der Waals surface area contributed by atoms with Crippen LogP contribution in [0.2, 0.25) is 0 Å². The molecule has 0 amide bonds. The molecule has 0 saturated heterocycles. The molecule has 348 valence electrons.